The SMILES string of the molecule is C[C@@H](C(=O)c1cn(C)cn1)N(Cc1ccccc1)C(=O)O. The number of nitrogens with zero attached hydrogens (tertiary/aromatic N) is 3. The highest BCUT2D eigenvalue weighted by molar-refractivity contribution is 5.99. The molecule has 1 aromatic carbocycles. The third-order valence-corrected chi connectivity index (χ3v) is 3.25. The van der Waals surface area contributed by atoms with Crippen LogP contribution in [0.1, 0.15) is 23.0 Å². The minimum absolute atomic E-state index is 0.163. The molecule has 1 aromatic heterocycles. The van der Waals surface area contributed by atoms with E-state index in [1.54, 1.807) is 24.7 Å². The van der Waals surface area contributed by atoms with Crippen LogP contribution in [0.4, 0.5) is 4.79 Å². The second-order valence-electron chi connectivity index (χ2n) is 4.86. The number of hydrogen-bond donors (Lipinski definition) is 1. The number of carbonyl (C=O) groups excluding carboxylic acids is 1. The van der Waals surface area contributed by atoms with Crippen LogP contribution in [0.3, 0.4) is 0 Å². The molecule has 6 heteroatoms. The Bertz CT molecular complexity index is 637. The molecular weight excluding hydrogens is 270 g/mol. The molecule has 0 fully saturated rings. The fourth-order valence-electron chi connectivity index (χ4n) is 2.05. The maximum absolute atomic E-state index is 12.3. The zero-order chi connectivity index (χ0) is 15.4. The minimum atomic E-state index is -1.13. The second kappa shape index (κ2) is 6.21. The van der Waals surface area contributed by atoms with Gasteiger partial charge in [0.1, 0.15) is 5.69 Å². The summed E-state index contributed by atoms with van der Waals surface area (Å²) in [7, 11) is 1.76. The van der Waals surface area contributed by atoms with Crippen LogP contribution in [-0.4, -0.2) is 37.5 Å². The van der Waals surface area contributed by atoms with Crippen molar-refractivity contribution in [2.75, 3.05) is 0 Å². The zero-order valence-electron chi connectivity index (χ0n) is 11.9. The zero-order valence-corrected chi connectivity index (χ0v) is 11.9. The van der Waals surface area contributed by atoms with Crippen molar-refractivity contribution in [3.63, 3.8) is 0 Å². The predicted octanol–water partition coefficient (Wildman–Crippen LogP) is 2.17. The molecular formula is C15H17N3O3. The molecule has 1 N–H and O–H groups in total. The van der Waals surface area contributed by atoms with E-state index in [-0.39, 0.29) is 18.0 Å². The van der Waals surface area contributed by atoms with E-state index < -0.39 is 12.1 Å². The number of benzene rings is 1. The van der Waals surface area contributed by atoms with Crippen LogP contribution < -0.4 is 0 Å². The summed E-state index contributed by atoms with van der Waals surface area (Å²) < 4.78 is 1.66. The van der Waals surface area contributed by atoms with Crippen molar-refractivity contribution in [2.24, 2.45) is 7.05 Å². The number of Topliss-reactive ketones (excluding diaryl/α,β-unsaturated/α-hetero) is 1. The van der Waals surface area contributed by atoms with E-state index >= 15 is 0 Å². The number of carboxylic acid groups (broad SMARTS) is 1. The van der Waals surface area contributed by atoms with E-state index in [0.29, 0.717) is 0 Å². The number of amides is 1. The third-order valence-electron chi connectivity index (χ3n) is 3.25. The summed E-state index contributed by atoms with van der Waals surface area (Å²) in [5.41, 5.74) is 1.10. The summed E-state index contributed by atoms with van der Waals surface area (Å²) in [5, 5.41) is 9.35. The predicted molar refractivity (Wildman–Crippen MR) is 77.0 cm³/mol. The molecule has 1 atom stereocenters. The van der Waals surface area contributed by atoms with Crippen LogP contribution in [0.25, 0.3) is 0 Å². The molecule has 110 valence electrons. The highest BCUT2D eigenvalue weighted by atomic mass is 16.4. The summed E-state index contributed by atoms with van der Waals surface area (Å²) in [6.45, 7) is 1.74. The van der Waals surface area contributed by atoms with Gasteiger partial charge in [0.15, 0.2) is 0 Å². The molecule has 1 heterocycles. The molecule has 0 saturated heterocycles. The molecule has 0 aliphatic carbocycles. The Hall–Kier alpha value is -2.63. The molecule has 0 aliphatic heterocycles. The van der Waals surface area contributed by atoms with Crippen LogP contribution >= 0.6 is 0 Å². The molecule has 0 unspecified atom stereocenters. The Balaban J connectivity index is 2.18. The first kappa shape index (κ1) is 14.8. The highest BCUT2D eigenvalue weighted by Gasteiger charge is 2.27. The molecule has 0 aliphatic rings. The molecule has 0 bridgehead atoms. The molecule has 2 aromatic rings. The Morgan fingerprint density at radius 3 is 2.52 bits per heavy atom. The van der Waals surface area contributed by atoms with Gasteiger partial charge in [-0.15, -0.1) is 0 Å². The smallest absolute Gasteiger partial charge is 0.408 e. The van der Waals surface area contributed by atoms with Crippen molar-refractivity contribution in [1.82, 2.24) is 14.5 Å². The van der Waals surface area contributed by atoms with Crippen LogP contribution in [0.5, 0.6) is 0 Å². The number of carbonyl (C=O) groups is 2. The van der Waals surface area contributed by atoms with Gasteiger partial charge in [0, 0.05) is 19.8 Å². The fraction of sp³-hybridized carbons (Fsp3) is 0.267. The summed E-state index contributed by atoms with van der Waals surface area (Å²) in [6, 6.07) is 8.39. The van der Waals surface area contributed by atoms with Gasteiger partial charge in [-0.25, -0.2) is 9.78 Å². The maximum Gasteiger partial charge on any atom is 0.408 e. The van der Waals surface area contributed by atoms with E-state index in [1.807, 2.05) is 30.3 Å². The summed E-state index contributed by atoms with van der Waals surface area (Å²) in [5.74, 6) is -0.311. The quantitative estimate of drug-likeness (QED) is 0.855. The van der Waals surface area contributed by atoms with Gasteiger partial charge in [0.2, 0.25) is 5.78 Å². The number of aromatic nitrogens is 2. The lowest BCUT2D eigenvalue weighted by Crippen LogP contribution is -2.42. The Labute approximate surface area is 122 Å². The maximum atomic E-state index is 12.3. The first-order valence-electron chi connectivity index (χ1n) is 6.54. The van der Waals surface area contributed by atoms with E-state index in [0.717, 1.165) is 10.5 Å². The number of ketones is 1. The van der Waals surface area contributed by atoms with E-state index in [4.69, 9.17) is 0 Å². The van der Waals surface area contributed by atoms with Crippen LogP contribution in [0.15, 0.2) is 42.9 Å². The van der Waals surface area contributed by atoms with Gasteiger partial charge in [0.25, 0.3) is 0 Å². The summed E-state index contributed by atoms with van der Waals surface area (Å²) in [6.07, 6.45) is 1.97. The molecule has 1 amide bonds. The number of aryl methyl sites for hydroxylation is 1. The lowest BCUT2D eigenvalue weighted by molar-refractivity contribution is 0.0791. The highest BCUT2D eigenvalue weighted by Crippen LogP contribution is 2.12. The summed E-state index contributed by atoms with van der Waals surface area (Å²) in [4.78, 5) is 28.8. The Morgan fingerprint density at radius 2 is 2.00 bits per heavy atom. The van der Waals surface area contributed by atoms with Gasteiger partial charge in [0.05, 0.1) is 12.4 Å². The molecule has 0 radical (unpaired) electrons. The second-order valence-corrected chi connectivity index (χ2v) is 4.86. The van der Waals surface area contributed by atoms with Crippen molar-refractivity contribution in [1.29, 1.82) is 0 Å². The van der Waals surface area contributed by atoms with Gasteiger partial charge in [-0.3, -0.25) is 9.69 Å². The minimum Gasteiger partial charge on any atom is -0.465 e. The van der Waals surface area contributed by atoms with Gasteiger partial charge in [-0.05, 0) is 12.5 Å². The van der Waals surface area contributed by atoms with E-state index in [9.17, 15) is 14.7 Å². The molecule has 0 saturated carbocycles. The number of imidazole rings is 1. The summed E-state index contributed by atoms with van der Waals surface area (Å²) >= 11 is 0. The van der Waals surface area contributed by atoms with Crippen molar-refractivity contribution in [3.8, 4) is 0 Å². The average Bonchev–Trinajstić information content (AvgIpc) is 2.90. The van der Waals surface area contributed by atoms with Gasteiger partial charge in [-0.2, -0.15) is 0 Å². The van der Waals surface area contributed by atoms with Gasteiger partial charge >= 0.3 is 6.09 Å². The molecule has 21 heavy (non-hydrogen) atoms. The lowest BCUT2D eigenvalue weighted by atomic mass is 10.1. The fourth-order valence-corrected chi connectivity index (χ4v) is 2.05. The van der Waals surface area contributed by atoms with Crippen molar-refractivity contribution >= 4 is 11.9 Å². The average molecular weight is 287 g/mol. The molecule has 2 rings (SSSR count). The Kier molecular flexibility index (Phi) is 4.37. The third kappa shape index (κ3) is 3.47. The number of rotatable bonds is 5. The number of hydrogen-bond acceptors (Lipinski definition) is 3. The standard InChI is InChI=1S/C15H17N3O3/c1-11(14(19)13-9-17(2)10-16-13)18(15(20)21)8-12-6-4-3-5-7-12/h3-7,9-11H,8H2,1-2H3,(H,20,21)/t11-/m0/s1. The van der Waals surface area contributed by atoms with E-state index in [1.165, 1.54) is 6.33 Å². The monoisotopic (exact) mass is 287 g/mol. The van der Waals surface area contributed by atoms with Crippen LogP contribution in [0.2, 0.25) is 0 Å². The topological polar surface area (TPSA) is 75.4 Å². The van der Waals surface area contributed by atoms with Crippen LogP contribution in [0, 0.1) is 0 Å². The lowest BCUT2D eigenvalue weighted by Gasteiger charge is -2.25. The Morgan fingerprint density at radius 1 is 1.33 bits per heavy atom. The normalized spacial score (nSPS) is 11.9. The van der Waals surface area contributed by atoms with E-state index in [2.05, 4.69) is 4.98 Å². The first-order valence-corrected chi connectivity index (χ1v) is 6.54. The van der Waals surface area contributed by atoms with Crippen molar-refractivity contribution in [3.05, 3.63) is 54.1 Å². The molecule has 6 nitrogen and oxygen atoms in total. The largest absolute Gasteiger partial charge is 0.465 e. The molecule has 0 spiro atoms. The van der Waals surface area contributed by atoms with Gasteiger partial charge < -0.3 is 9.67 Å². The van der Waals surface area contributed by atoms with Gasteiger partial charge in [-0.1, -0.05) is 30.3 Å². The van der Waals surface area contributed by atoms with Crippen LogP contribution in [-0.2, 0) is 13.6 Å². The first-order chi connectivity index (χ1) is 9.99. The van der Waals surface area contributed by atoms with Crippen molar-refractivity contribution in [2.45, 2.75) is 19.5 Å². The van der Waals surface area contributed by atoms with Crippen molar-refractivity contribution < 1.29 is 14.7 Å².